The van der Waals surface area contributed by atoms with Crippen LogP contribution in [0, 0.1) is 0 Å². The van der Waals surface area contributed by atoms with Crippen LogP contribution in [0.15, 0.2) is 17.1 Å². The number of halogens is 2. The van der Waals surface area contributed by atoms with E-state index >= 15 is 0 Å². The Bertz CT molecular complexity index is 1430. The molecule has 38 heavy (non-hydrogen) atoms. The number of pyridine rings is 1. The summed E-state index contributed by atoms with van der Waals surface area (Å²) in [5.41, 5.74) is -5.75. The van der Waals surface area contributed by atoms with E-state index in [-0.39, 0.29) is 17.0 Å². The van der Waals surface area contributed by atoms with Crippen molar-refractivity contribution in [2.24, 2.45) is 0 Å². The van der Waals surface area contributed by atoms with Crippen LogP contribution in [0.25, 0.3) is 11.0 Å². The molecule has 0 amide bonds. The lowest BCUT2D eigenvalue weighted by atomic mass is 9.25. The average molecular weight is 530 g/mol. The second-order valence-electron chi connectivity index (χ2n) is 10.6. The molecular weight excluding hydrogens is 509 g/mol. The molecule has 1 saturated heterocycles. The van der Waals surface area contributed by atoms with Crippen molar-refractivity contribution in [2.75, 3.05) is 24.7 Å². The van der Waals surface area contributed by atoms with E-state index in [0.29, 0.717) is 19.3 Å². The molecule has 2 aliphatic rings. The van der Waals surface area contributed by atoms with Crippen molar-refractivity contribution in [2.45, 2.75) is 59.5 Å². The van der Waals surface area contributed by atoms with Crippen LogP contribution in [0.2, 0.25) is 10.4 Å². The second kappa shape index (κ2) is 8.86. The zero-order chi connectivity index (χ0) is 28.7. The first-order chi connectivity index (χ1) is 17.1. The molecule has 188 valence electrons. The Morgan fingerprint density at radius 1 is 1.18 bits per heavy atom. The summed E-state index contributed by atoms with van der Waals surface area (Å²) < 4.78 is 54.4. The highest BCUT2D eigenvalue weighted by atomic mass is 32.2. The number of aliphatic hydroxyl groups is 1. The Morgan fingerprint density at radius 2 is 1.76 bits per heavy atom. The number of sulfonamides is 1. The number of anilines is 1. The van der Waals surface area contributed by atoms with Gasteiger partial charge in [-0.2, -0.15) is 4.98 Å². The van der Waals surface area contributed by atoms with Crippen molar-refractivity contribution in [3.63, 3.8) is 0 Å². The topological polar surface area (TPSA) is 117 Å². The van der Waals surface area contributed by atoms with Crippen LogP contribution < -0.4 is 10.9 Å². The number of aromatic nitrogens is 3. The molecule has 12 radical (unpaired) electrons. The Morgan fingerprint density at radius 3 is 2.24 bits per heavy atom. The van der Waals surface area contributed by atoms with Gasteiger partial charge in [-0.3, -0.25) is 9.36 Å². The molecule has 0 aromatic carbocycles. The smallest absolute Gasteiger partial charge is 0.260 e. The van der Waals surface area contributed by atoms with E-state index in [1.165, 1.54) is 6.92 Å². The van der Waals surface area contributed by atoms with Gasteiger partial charge < -0.3 is 10.4 Å². The zero-order valence-corrected chi connectivity index (χ0v) is 21.7. The van der Waals surface area contributed by atoms with E-state index in [1.807, 2.05) is 0 Å². The largest absolute Gasteiger partial charge is 0.388 e. The van der Waals surface area contributed by atoms with Crippen LogP contribution in [0.3, 0.4) is 0 Å². The van der Waals surface area contributed by atoms with Crippen molar-refractivity contribution in [1.82, 2.24) is 18.8 Å². The van der Waals surface area contributed by atoms with E-state index in [2.05, 4.69) is 15.3 Å². The molecule has 3 heterocycles. The predicted molar refractivity (Wildman–Crippen MR) is 144 cm³/mol. The Balaban J connectivity index is 1.88. The molecule has 2 N–H and O–H groups in total. The fraction of sp³-hybridized carbons (Fsp3) is 0.650. The zero-order valence-electron chi connectivity index (χ0n) is 20.9. The number of nitrogens with zero attached hydrogens (tertiary/aromatic N) is 4. The summed E-state index contributed by atoms with van der Waals surface area (Å²) in [7, 11) is 32.5. The van der Waals surface area contributed by atoms with Crippen LogP contribution in [-0.4, -0.2) is 110 Å². The standard InChI is InChI=1S/C20H21B6F2N5O4S/c1-16(35)5-3-4-12(16)33-13-10(6-11(14(33)34)19(25,27)28)7-29-15(30-13)31-20(26)17(21,22)8-32(38(2,36)37)9-18(20,23)24/h6-7,12,35H,3-5,8-9H2,1-2H3,(H,29,30,31). The molecule has 4 rings (SSSR count). The van der Waals surface area contributed by atoms with Crippen molar-refractivity contribution < 1.29 is 22.3 Å². The van der Waals surface area contributed by atoms with Crippen molar-refractivity contribution in [3.8, 4) is 0 Å². The minimum atomic E-state index is -3.97. The highest BCUT2D eigenvalue weighted by molar-refractivity contribution is 7.88. The second-order valence-corrected chi connectivity index (χ2v) is 12.6. The molecule has 1 aliphatic heterocycles. The van der Waals surface area contributed by atoms with Crippen molar-refractivity contribution >= 4 is 74.1 Å². The maximum absolute atomic E-state index is 14.2. The van der Waals surface area contributed by atoms with Crippen LogP contribution in [0.5, 0.6) is 0 Å². The van der Waals surface area contributed by atoms with Gasteiger partial charge in [-0.25, -0.2) is 26.5 Å². The summed E-state index contributed by atoms with van der Waals surface area (Å²) in [6.45, 7) is 0.558. The van der Waals surface area contributed by atoms with Crippen molar-refractivity contribution in [3.05, 3.63) is 28.2 Å². The SMILES string of the molecule is [B]C(F)(F)c1cc2cnc(NC3([B])C([B])([B])CN(S(C)(=O)=O)CC3([B])[B])nc2n(C2CCCC2(C)O)c1=O. The van der Waals surface area contributed by atoms with E-state index in [9.17, 15) is 27.1 Å². The molecule has 2 fully saturated rings. The summed E-state index contributed by atoms with van der Waals surface area (Å²) in [6.07, 6.45) is 3.22. The van der Waals surface area contributed by atoms with E-state index in [4.69, 9.17) is 47.1 Å². The molecule has 0 spiro atoms. The fourth-order valence-corrected chi connectivity index (χ4v) is 6.11. The Kier molecular flexibility index (Phi) is 6.81. The van der Waals surface area contributed by atoms with Gasteiger partial charge >= 0.3 is 0 Å². The third kappa shape index (κ3) is 4.74. The van der Waals surface area contributed by atoms with Crippen LogP contribution in [0.1, 0.15) is 37.8 Å². The first kappa shape index (κ1) is 29.2. The van der Waals surface area contributed by atoms with E-state index < -0.39 is 67.6 Å². The number of fused-ring (bicyclic) bond motifs is 1. The van der Waals surface area contributed by atoms with Gasteiger partial charge in [0.25, 0.3) is 5.56 Å². The Labute approximate surface area is 227 Å². The molecule has 1 aliphatic carbocycles. The first-order valence-electron chi connectivity index (χ1n) is 11.6. The van der Waals surface area contributed by atoms with E-state index in [1.54, 1.807) is 0 Å². The minimum absolute atomic E-state index is 0.0227. The normalized spacial score (nSPS) is 27.3. The Hall–Kier alpha value is -1.79. The number of hydrogen-bond acceptors (Lipinski definition) is 7. The number of nitrogens with one attached hydrogen (secondary N) is 1. The van der Waals surface area contributed by atoms with Crippen LogP contribution in [-0.2, 0) is 15.8 Å². The summed E-state index contributed by atoms with van der Waals surface area (Å²) in [5, 5.41) is 9.50. The lowest BCUT2D eigenvalue weighted by Gasteiger charge is -2.62. The molecule has 9 nitrogen and oxygen atoms in total. The minimum Gasteiger partial charge on any atom is -0.388 e. The van der Waals surface area contributed by atoms with Crippen LogP contribution >= 0.6 is 0 Å². The molecule has 2 atom stereocenters. The van der Waals surface area contributed by atoms with Gasteiger partial charge in [0.2, 0.25) is 21.8 Å². The number of hydrogen-bond donors (Lipinski definition) is 2. The third-order valence-electron chi connectivity index (χ3n) is 7.44. The summed E-state index contributed by atoms with van der Waals surface area (Å²) >= 11 is 0. The third-order valence-corrected chi connectivity index (χ3v) is 8.64. The molecule has 2 aromatic rings. The maximum atomic E-state index is 14.2. The molecule has 1 saturated carbocycles. The first-order valence-corrected chi connectivity index (χ1v) is 13.5. The van der Waals surface area contributed by atoms with Crippen molar-refractivity contribution in [1.29, 1.82) is 0 Å². The van der Waals surface area contributed by atoms with Gasteiger partial charge in [-0.1, -0.05) is 10.4 Å². The monoisotopic (exact) mass is 531 g/mol. The highest BCUT2D eigenvalue weighted by Crippen LogP contribution is 2.51. The molecular formula is C20H21B6F2N5O4S. The average Bonchev–Trinajstić information content (AvgIpc) is 3.08. The molecule has 18 heteroatoms. The number of piperidine rings is 1. The quantitative estimate of drug-likeness (QED) is 0.474. The molecule has 2 unspecified atom stereocenters. The lowest BCUT2D eigenvalue weighted by molar-refractivity contribution is 0.0256. The van der Waals surface area contributed by atoms with E-state index in [0.717, 1.165) is 27.4 Å². The molecule has 2 aromatic heterocycles. The number of rotatable bonds is 5. The van der Waals surface area contributed by atoms with Gasteiger partial charge in [0.1, 0.15) is 13.5 Å². The maximum Gasteiger partial charge on any atom is 0.260 e. The van der Waals surface area contributed by atoms with Gasteiger partial charge in [0.05, 0.1) is 54.8 Å². The molecule has 0 bridgehead atoms. The summed E-state index contributed by atoms with van der Waals surface area (Å²) in [5.74, 6) is -4.26. The van der Waals surface area contributed by atoms with Gasteiger partial charge in [0, 0.05) is 24.7 Å². The predicted octanol–water partition coefficient (Wildman–Crippen LogP) is -1.06. The fourth-order valence-electron chi connectivity index (χ4n) is 5.21. The van der Waals surface area contributed by atoms with Gasteiger partial charge in [-0.05, 0) is 37.7 Å². The summed E-state index contributed by atoms with van der Waals surface area (Å²) in [4.78, 5) is 21.6. The number of alkyl halides is 2. The van der Waals surface area contributed by atoms with Crippen LogP contribution in [0.4, 0.5) is 14.7 Å². The summed E-state index contributed by atoms with van der Waals surface area (Å²) in [6, 6.07) is -0.0323. The highest BCUT2D eigenvalue weighted by Gasteiger charge is 2.55. The lowest BCUT2D eigenvalue weighted by Crippen LogP contribution is -2.69. The van der Waals surface area contributed by atoms with Gasteiger partial charge in [0.15, 0.2) is 7.85 Å². The van der Waals surface area contributed by atoms with Gasteiger partial charge in [-0.15, -0.1) is 0 Å².